The predicted molar refractivity (Wildman–Crippen MR) is 87.1 cm³/mol. The Morgan fingerprint density at radius 1 is 1.33 bits per heavy atom. The van der Waals surface area contributed by atoms with Crippen LogP contribution in [0.15, 0.2) is 22.7 Å². The van der Waals surface area contributed by atoms with E-state index in [9.17, 15) is 9.59 Å². The molecule has 0 saturated carbocycles. The van der Waals surface area contributed by atoms with Crippen LogP contribution in [0.4, 0.5) is 5.69 Å². The molecule has 1 heterocycles. The van der Waals surface area contributed by atoms with Gasteiger partial charge < -0.3 is 5.32 Å². The van der Waals surface area contributed by atoms with Gasteiger partial charge in [0.2, 0.25) is 5.91 Å². The second-order valence-electron chi connectivity index (χ2n) is 5.46. The second kappa shape index (κ2) is 6.60. The van der Waals surface area contributed by atoms with Gasteiger partial charge in [-0.3, -0.25) is 14.5 Å². The summed E-state index contributed by atoms with van der Waals surface area (Å²) in [7, 11) is 0. The van der Waals surface area contributed by atoms with Crippen molar-refractivity contribution in [2.45, 2.75) is 52.1 Å². The molecule has 1 aromatic rings. The monoisotopic (exact) mass is 352 g/mol. The van der Waals surface area contributed by atoms with Crippen LogP contribution in [0, 0.1) is 6.92 Å². The van der Waals surface area contributed by atoms with Crippen molar-refractivity contribution in [3.8, 4) is 0 Å². The van der Waals surface area contributed by atoms with Crippen molar-refractivity contribution in [2.24, 2.45) is 0 Å². The van der Waals surface area contributed by atoms with Gasteiger partial charge in [0, 0.05) is 16.2 Å². The van der Waals surface area contributed by atoms with Crippen LogP contribution in [0.1, 0.15) is 38.7 Å². The maximum atomic E-state index is 12.5. The number of benzene rings is 1. The predicted octanol–water partition coefficient (Wildman–Crippen LogP) is 3.49. The van der Waals surface area contributed by atoms with Crippen molar-refractivity contribution in [1.29, 1.82) is 0 Å². The number of hydrogen-bond donors (Lipinski definition) is 1. The van der Waals surface area contributed by atoms with Gasteiger partial charge >= 0.3 is 0 Å². The van der Waals surface area contributed by atoms with E-state index >= 15 is 0 Å². The van der Waals surface area contributed by atoms with E-state index < -0.39 is 6.04 Å². The molecule has 0 aromatic heterocycles. The average Bonchev–Trinajstić information content (AvgIpc) is 2.72. The van der Waals surface area contributed by atoms with E-state index in [4.69, 9.17) is 0 Å². The molecule has 1 fully saturated rings. The van der Waals surface area contributed by atoms with Crippen LogP contribution in [0.3, 0.4) is 0 Å². The first-order chi connectivity index (χ1) is 9.97. The van der Waals surface area contributed by atoms with E-state index in [-0.39, 0.29) is 24.3 Å². The molecule has 114 valence electrons. The maximum Gasteiger partial charge on any atom is 0.252 e. The highest BCUT2D eigenvalue weighted by Crippen LogP contribution is 2.28. The minimum absolute atomic E-state index is 0.0118. The average molecular weight is 353 g/mol. The van der Waals surface area contributed by atoms with Crippen molar-refractivity contribution in [3.05, 3.63) is 28.2 Å². The Hall–Kier alpha value is -1.36. The number of carbonyl (C=O) groups is 2. The third-order valence-corrected chi connectivity index (χ3v) is 4.63. The molecule has 1 atom stereocenters. The van der Waals surface area contributed by atoms with Crippen molar-refractivity contribution in [2.75, 3.05) is 5.32 Å². The Morgan fingerprint density at radius 2 is 2.00 bits per heavy atom. The molecule has 21 heavy (non-hydrogen) atoms. The molecule has 0 aliphatic carbocycles. The fourth-order valence-corrected chi connectivity index (χ4v) is 3.10. The normalized spacial score (nSPS) is 18.7. The summed E-state index contributed by atoms with van der Waals surface area (Å²) in [5.74, 6) is -0.183. The van der Waals surface area contributed by atoms with Gasteiger partial charge in [0.15, 0.2) is 0 Å². The van der Waals surface area contributed by atoms with Crippen LogP contribution in [0.2, 0.25) is 0 Å². The third-order valence-electron chi connectivity index (χ3n) is 3.94. The van der Waals surface area contributed by atoms with Gasteiger partial charge in [-0.1, -0.05) is 19.9 Å². The van der Waals surface area contributed by atoms with Crippen molar-refractivity contribution >= 4 is 33.4 Å². The van der Waals surface area contributed by atoms with Crippen molar-refractivity contribution in [1.82, 2.24) is 4.90 Å². The van der Waals surface area contributed by atoms with Crippen LogP contribution in [0.25, 0.3) is 0 Å². The fourth-order valence-electron chi connectivity index (χ4n) is 2.74. The lowest BCUT2D eigenvalue weighted by molar-refractivity contribution is -0.141. The first-order valence-electron chi connectivity index (χ1n) is 7.36. The van der Waals surface area contributed by atoms with Gasteiger partial charge in [-0.25, -0.2) is 0 Å². The Kier molecular flexibility index (Phi) is 5.04. The van der Waals surface area contributed by atoms with Crippen LogP contribution in [0.5, 0.6) is 0 Å². The molecular weight excluding hydrogens is 332 g/mol. The lowest BCUT2D eigenvalue weighted by Crippen LogP contribution is -2.41. The minimum atomic E-state index is -0.462. The van der Waals surface area contributed by atoms with E-state index in [1.165, 1.54) is 4.90 Å². The number of hydrogen-bond acceptors (Lipinski definition) is 3. The van der Waals surface area contributed by atoms with Gasteiger partial charge in [-0.15, -0.1) is 0 Å². The summed E-state index contributed by atoms with van der Waals surface area (Å²) in [6.07, 6.45) is 1.83. The summed E-state index contributed by atoms with van der Waals surface area (Å²) >= 11 is 3.47. The zero-order valence-electron chi connectivity index (χ0n) is 12.6. The lowest BCUT2D eigenvalue weighted by Gasteiger charge is -2.24. The quantitative estimate of drug-likeness (QED) is 0.825. The summed E-state index contributed by atoms with van der Waals surface area (Å²) < 4.78 is 0.898. The van der Waals surface area contributed by atoms with Gasteiger partial charge in [-0.05, 0) is 53.4 Å². The third kappa shape index (κ3) is 3.28. The minimum Gasteiger partial charge on any atom is -0.372 e. The van der Waals surface area contributed by atoms with E-state index in [2.05, 4.69) is 21.2 Å². The highest BCUT2D eigenvalue weighted by molar-refractivity contribution is 9.10. The van der Waals surface area contributed by atoms with E-state index in [0.29, 0.717) is 0 Å². The molecular formula is C16H21BrN2O2. The molecule has 0 radical (unpaired) electrons. The smallest absolute Gasteiger partial charge is 0.252 e. The molecule has 1 saturated heterocycles. The molecule has 1 aliphatic rings. The topological polar surface area (TPSA) is 49.4 Å². The number of nitrogens with zero attached hydrogens (tertiary/aromatic N) is 1. The fraction of sp³-hybridized carbons (Fsp3) is 0.500. The zero-order valence-corrected chi connectivity index (χ0v) is 14.2. The number of amides is 2. The summed E-state index contributed by atoms with van der Waals surface area (Å²) in [4.78, 5) is 26.1. The van der Waals surface area contributed by atoms with E-state index in [0.717, 1.165) is 28.6 Å². The standard InChI is InChI=1S/C16H21BrN2O2/c1-4-11(5-2)19-15(20)9-14(16(19)21)18-13-8-10(3)6-7-12(13)17/h6-8,11,14,18H,4-5,9H2,1-3H3. The van der Waals surface area contributed by atoms with Gasteiger partial charge in [0.25, 0.3) is 5.91 Å². The molecule has 2 amide bonds. The highest BCUT2D eigenvalue weighted by atomic mass is 79.9. The van der Waals surface area contributed by atoms with Crippen LogP contribution in [-0.4, -0.2) is 28.8 Å². The number of anilines is 1. The SMILES string of the molecule is CCC(CC)N1C(=O)CC(Nc2cc(C)ccc2Br)C1=O. The molecule has 2 rings (SSSR count). The molecule has 0 spiro atoms. The molecule has 0 bridgehead atoms. The van der Waals surface area contributed by atoms with Gasteiger partial charge in [0.05, 0.1) is 6.42 Å². The summed E-state index contributed by atoms with van der Waals surface area (Å²) in [6.45, 7) is 6.01. The first kappa shape index (κ1) is 16.0. The van der Waals surface area contributed by atoms with E-state index in [1.807, 2.05) is 39.0 Å². The van der Waals surface area contributed by atoms with Crippen LogP contribution in [-0.2, 0) is 9.59 Å². The zero-order chi connectivity index (χ0) is 15.6. The first-order valence-corrected chi connectivity index (χ1v) is 8.15. The molecule has 1 aromatic carbocycles. The van der Waals surface area contributed by atoms with Crippen LogP contribution >= 0.6 is 15.9 Å². The summed E-state index contributed by atoms with van der Waals surface area (Å²) in [5, 5.41) is 3.20. The van der Waals surface area contributed by atoms with Crippen molar-refractivity contribution < 1.29 is 9.59 Å². The number of halogens is 1. The highest BCUT2D eigenvalue weighted by Gasteiger charge is 2.41. The van der Waals surface area contributed by atoms with E-state index in [1.54, 1.807) is 0 Å². The largest absolute Gasteiger partial charge is 0.372 e. The number of rotatable bonds is 5. The molecule has 1 unspecified atom stereocenters. The molecule has 1 N–H and O–H groups in total. The Morgan fingerprint density at radius 3 is 2.62 bits per heavy atom. The number of imide groups is 1. The molecule has 4 nitrogen and oxygen atoms in total. The van der Waals surface area contributed by atoms with Crippen LogP contribution < -0.4 is 5.32 Å². The number of likely N-dealkylation sites (tertiary alicyclic amines) is 1. The lowest BCUT2D eigenvalue weighted by atomic mass is 10.1. The Balaban J connectivity index is 2.17. The van der Waals surface area contributed by atoms with Crippen molar-refractivity contribution in [3.63, 3.8) is 0 Å². The number of aryl methyl sites for hydroxylation is 1. The number of nitrogens with one attached hydrogen (secondary N) is 1. The van der Waals surface area contributed by atoms with Gasteiger partial charge in [-0.2, -0.15) is 0 Å². The summed E-state index contributed by atoms with van der Waals surface area (Å²) in [6, 6.07) is 5.46. The number of carbonyl (C=O) groups excluding carboxylic acids is 2. The van der Waals surface area contributed by atoms with Gasteiger partial charge in [0.1, 0.15) is 6.04 Å². The molecule has 1 aliphatic heterocycles. The molecule has 5 heteroatoms. The Labute approximate surface area is 134 Å². The summed E-state index contributed by atoms with van der Waals surface area (Å²) in [5.41, 5.74) is 1.96. The maximum absolute atomic E-state index is 12.5. The second-order valence-corrected chi connectivity index (χ2v) is 6.31. The Bertz CT molecular complexity index is 555.